The number of sulfonamides is 1. The lowest BCUT2D eigenvalue weighted by molar-refractivity contribution is -0.137. The summed E-state index contributed by atoms with van der Waals surface area (Å²) in [6.07, 6.45) is -4.20. The van der Waals surface area contributed by atoms with Crippen LogP contribution in [0.5, 0.6) is 0 Å². The third-order valence-electron chi connectivity index (χ3n) is 5.49. The van der Waals surface area contributed by atoms with Crippen molar-refractivity contribution in [2.24, 2.45) is 0 Å². The molecule has 194 valence electrons. The van der Waals surface area contributed by atoms with Gasteiger partial charge in [-0.15, -0.1) is 0 Å². The van der Waals surface area contributed by atoms with Gasteiger partial charge in [-0.3, -0.25) is 0 Å². The Morgan fingerprint density at radius 2 is 1.53 bits per heavy atom. The molecule has 0 aromatic heterocycles. The molecule has 0 saturated carbocycles. The second kappa shape index (κ2) is 12.1. The van der Waals surface area contributed by atoms with E-state index in [0.717, 1.165) is 12.1 Å². The Labute approximate surface area is 220 Å². The predicted molar refractivity (Wildman–Crippen MR) is 137 cm³/mol. The maximum Gasteiger partial charge on any atom is 0.416 e. The van der Waals surface area contributed by atoms with Crippen molar-refractivity contribution in [2.45, 2.75) is 37.0 Å². The number of halogens is 4. The van der Waals surface area contributed by atoms with Gasteiger partial charge in [0.25, 0.3) is 0 Å². The molecular weight excluding hydrogens is 535 g/mol. The second-order valence-corrected chi connectivity index (χ2v) is 10.1. The molecule has 1 atom stereocenters. The molecular formula is C25H25ClF3NO4S2. The highest BCUT2D eigenvalue weighted by atomic mass is 35.5. The number of carbonyl (C=O) groups excluding carboxylic acids is 1. The normalized spacial score (nSPS) is 12.6. The third-order valence-corrected chi connectivity index (χ3v) is 7.61. The first-order valence-electron chi connectivity index (χ1n) is 10.6. The number of alkyl halides is 3. The SMILES string of the molecule is CC[C@@H](c1ccc(C(F)(F)F)cc1)N(Cc1ccc(C(=O)OC)cc1)S(=O)(=O)c1ccc(Cl)cc1.S. The highest BCUT2D eigenvalue weighted by Crippen LogP contribution is 2.35. The minimum atomic E-state index is -4.50. The van der Waals surface area contributed by atoms with E-state index in [2.05, 4.69) is 4.74 Å². The average Bonchev–Trinajstić information content (AvgIpc) is 2.84. The Morgan fingerprint density at radius 3 is 2.00 bits per heavy atom. The van der Waals surface area contributed by atoms with Gasteiger partial charge in [-0.2, -0.15) is 31.0 Å². The monoisotopic (exact) mass is 559 g/mol. The molecule has 11 heteroatoms. The molecule has 36 heavy (non-hydrogen) atoms. The molecule has 0 fully saturated rings. The van der Waals surface area contributed by atoms with Crippen molar-refractivity contribution < 1.29 is 31.1 Å². The Bertz CT molecular complexity index is 1260. The zero-order valence-corrected chi connectivity index (χ0v) is 22.0. The minimum Gasteiger partial charge on any atom is -0.465 e. The van der Waals surface area contributed by atoms with E-state index in [1.165, 1.54) is 59.9 Å². The van der Waals surface area contributed by atoms with Crippen molar-refractivity contribution in [1.29, 1.82) is 0 Å². The topological polar surface area (TPSA) is 63.7 Å². The zero-order valence-electron chi connectivity index (χ0n) is 19.4. The number of hydrogen-bond donors (Lipinski definition) is 0. The molecule has 3 aromatic carbocycles. The van der Waals surface area contributed by atoms with Crippen molar-refractivity contribution in [2.75, 3.05) is 7.11 Å². The maximum atomic E-state index is 13.7. The molecule has 0 bridgehead atoms. The van der Waals surface area contributed by atoms with E-state index >= 15 is 0 Å². The lowest BCUT2D eigenvalue weighted by Crippen LogP contribution is -2.34. The summed E-state index contributed by atoms with van der Waals surface area (Å²) in [4.78, 5) is 11.7. The lowest BCUT2D eigenvalue weighted by Gasteiger charge is -2.31. The summed E-state index contributed by atoms with van der Waals surface area (Å²) in [5.41, 5.74) is 0.490. The van der Waals surface area contributed by atoms with E-state index in [1.54, 1.807) is 19.1 Å². The van der Waals surface area contributed by atoms with E-state index < -0.39 is 33.8 Å². The van der Waals surface area contributed by atoms with Crippen molar-refractivity contribution in [1.82, 2.24) is 4.31 Å². The highest BCUT2D eigenvalue weighted by molar-refractivity contribution is 7.89. The van der Waals surface area contributed by atoms with Gasteiger partial charge in [0.05, 0.1) is 29.2 Å². The predicted octanol–water partition coefficient (Wildman–Crippen LogP) is 6.60. The number of carbonyl (C=O) groups is 1. The Hall–Kier alpha value is -2.53. The third kappa shape index (κ3) is 6.82. The van der Waals surface area contributed by atoms with E-state index in [9.17, 15) is 26.4 Å². The number of hydrogen-bond acceptors (Lipinski definition) is 4. The number of rotatable bonds is 8. The van der Waals surface area contributed by atoms with E-state index in [4.69, 9.17) is 11.6 Å². The van der Waals surface area contributed by atoms with Gasteiger partial charge in [-0.1, -0.05) is 42.8 Å². The fourth-order valence-electron chi connectivity index (χ4n) is 3.65. The van der Waals surface area contributed by atoms with Crippen molar-refractivity contribution >= 4 is 41.1 Å². The Kier molecular flexibility index (Phi) is 10.0. The summed E-state index contributed by atoms with van der Waals surface area (Å²) in [6, 6.07) is 15.6. The fourth-order valence-corrected chi connectivity index (χ4v) is 5.45. The van der Waals surface area contributed by atoms with Crippen LogP contribution in [-0.2, 0) is 27.5 Å². The van der Waals surface area contributed by atoms with Gasteiger partial charge in [-0.25, -0.2) is 13.2 Å². The van der Waals surface area contributed by atoms with Gasteiger partial charge in [0.1, 0.15) is 0 Å². The summed E-state index contributed by atoms with van der Waals surface area (Å²) in [7, 11) is -2.83. The van der Waals surface area contributed by atoms with Crippen LogP contribution in [-0.4, -0.2) is 25.8 Å². The van der Waals surface area contributed by atoms with Crippen molar-refractivity contribution in [3.05, 3.63) is 100 Å². The molecule has 0 N–H and O–H groups in total. The van der Waals surface area contributed by atoms with Crippen LogP contribution in [0.3, 0.4) is 0 Å². The summed E-state index contributed by atoms with van der Waals surface area (Å²) < 4.78 is 72.5. The van der Waals surface area contributed by atoms with Crippen LogP contribution in [0.25, 0.3) is 0 Å². The van der Waals surface area contributed by atoms with Crippen LogP contribution < -0.4 is 0 Å². The van der Waals surface area contributed by atoms with Crippen LogP contribution in [0.15, 0.2) is 77.7 Å². The highest BCUT2D eigenvalue weighted by Gasteiger charge is 2.34. The van der Waals surface area contributed by atoms with Crippen molar-refractivity contribution in [3.63, 3.8) is 0 Å². The van der Waals surface area contributed by atoms with E-state index in [0.29, 0.717) is 28.1 Å². The smallest absolute Gasteiger partial charge is 0.416 e. The molecule has 0 amide bonds. The average molecular weight is 560 g/mol. The molecule has 0 aliphatic rings. The van der Waals surface area contributed by atoms with Crippen LogP contribution in [0.1, 0.15) is 46.4 Å². The maximum absolute atomic E-state index is 13.7. The summed E-state index contributed by atoms with van der Waals surface area (Å²) in [5, 5.41) is 0.365. The second-order valence-electron chi connectivity index (χ2n) is 7.74. The molecule has 0 radical (unpaired) electrons. The van der Waals surface area contributed by atoms with Gasteiger partial charge in [0.15, 0.2) is 0 Å². The summed E-state index contributed by atoms with van der Waals surface area (Å²) in [5.74, 6) is -0.529. The molecule has 0 aliphatic heterocycles. The number of benzene rings is 3. The van der Waals surface area contributed by atoms with E-state index in [1.807, 2.05) is 0 Å². The molecule has 3 aromatic rings. The number of nitrogens with zero attached hydrogens (tertiary/aromatic N) is 1. The molecule has 0 saturated heterocycles. The molecule has 5 nitrogen and oxygen atoms in total. The lowest BCUT2D eigenvalue weighted by atomic mass is 10.0. The molecule has 0 spiro atoms. The first-order chi connectivity index (χ1) is 16.5. The Morgan fingerprint density at radius 1 is 0.972 bits per heavy atom. The van der Waals surface area contributed by atoms with Gasteiger partial charge in [0, 0.05) is 11.6 Å². The minimum absolute atomic E-state index is 0. The van der Waals surface area contributed by atoms with Gasteiger partial charge in [0.2, 0.25) is 10.0 Å². The fraction of sp³-hybridized carbons (Fsp3) is 0.240. The van der Waals surface area contributed by atoms with Gasteiger partial charge in [-0.05, 0) is 66.1 Å². The largest absolute Gasteiger partial charge is 0.465 e. The number of methoxy groups -OCH3 is 1. The summed E-state index contributed by atoms with van der Waals surface area (Å²) >= 11 is 5.92. The van der Waals surface area contributed by atoms with Crippen LogP contribution in [0, 0.1) is 0 Å². The Balaban J connectivity index is 0.00000456. The molecule has 3 rings (SSSR count). The number of ether oxygens (including phenoxy) is 1. The van der Waals surface area contributed by atoms with Gasteiger partial charge >= 0.3 is 12.1 Å². The quantitative estimate of drug-likeness (QED) is 0.292. The van der Waals surface area contributed by atoms with Crippen LogP contribution >= 0.6 is 25.1 Å². The zero-order chi connectivity index (χ0) is 25.8. The number of esters is 1. The van der Waals surface area contributed by atoms with E-state index in [-0.39, 0.29) is 24.9 Å². The van der Waals surface area contributed by atoms with Crippen LogP contribution in [0.2, 0.25) is 5.02 Å². The molecule has 0 heterocycles. The van der Waals surface area contributed by atoms with Crippen molar-refractivity contribution in [3.8, 4) is 0 Å². The molecule has 0 aliphatic carbocycles. The summed E-state index contributed by atoms with van der Waals surface area (Å²) in [6.45, 7) is 1.68. The van der Waals surface area contributed by atoms with Gasteiger partial charge < -0.3 is 4.74 Å². The molecule has 0 unspecified atom stereocenters. The first-order valence-corrected chi connectivity index (χ1v) is 12.4. The van der Waals surface area contributed by atoms with Crippen LogP contribution in [0.4, 0.5) is 13.2 Å². The standard InChI is InChI=1S/C25H23ClF3NO4S.H2S/c1-3-23(18-8-10-20(11-9-18)25(27,28)29)30(35(32,33)22-14-12-21(26)13-15-22)16-17-4-6-19(7-5-17)24(31)34-2;/h4-15,23H,3,16H2,1-2H3;1H2/t23-;/m0./s1. The first kappa shape index (κ1) is 29.7.